The van der Waals surface area contributed by atoms with Gasteiger partial charge in [-0.1, -0.05) is 0 Å². The Labute approximate surface area is 58.4 Å². The van der Waals surface area contributed by atoms with E-state index < -0.39 is 6.43 Å². The molecule has 0 aromatic carbocycles. The molecule has 1 fully saturated rings. The third-order valence-corrected chi connectivity index (χ3v) is 1.93. The number of hydrogen-bond donors (Lipinski definition) is 0. The first-order valence-electron chi connectivity index (χ1n) is 3.40. The summed E-state index contributed by atoms with van der Waals surface area (Å²) in [6.45, 7) is 1.47. The van der Waals surface area contributed by atoms with Crippen molar-refractivity contribution < 1.29 is 13.6 Å². The Morgan fingerprint density at radius 2 is 2.30 bits per heavy atom. The summed E-state index contributed by atoms with van der Waals surface area (Å²) in [6, 6.07) is 0. The Morgan fingerprint density at radius 1 is 1.70 bits per heavy atom. The molecule has 2 atom stereocenters. The highest BCUT2D eigenvalue weighted by molar-refractivity contribution is 5.81. The van der Waals surface area contributed by atoms with Crippen molar-refractivity contribution in [2.45, 2.75) is 26.2 Å². The summed E-state index contributed by atoms with van der Waals surface area (Å²) >= 11 is 0. The van der Waals surface area contributed by atoms with Crippen LogP contribution in [0.4, 0.5) is 8.78 Å². The van der Waals surface area contributed by atoms with Gasteiger partial charge in [-0.15, -0.1) is 0 Å². The second-order valence-electron chi connectivity index (χ2n) is 2.84. The van der Waals surface area contributed by atoms with Gasteiger partial charge in [-0.3, -0.25) is 4.79 Å². The minimum atomic E-state index is -2.24. The van der Waals surface area contributed by atoms with E-state index in [1.165, 1.54) is 6.92 Å². The van der Waals surface area contributed by atoms with Crippen LogP contribution in [0.15, 0.2) is 0 Å². The van der Waals surface area contributed by atoms with Crippen LogP contribution >= 0.6 is 0 Å². The van der Waals surface area contributed by atoms with Crippen molar-refractivity contribution in [1.29, 1.82) is 0 Å². The van der Waals surface area contributed by atoms with Crippen molar-refractivity contribution >= 4 is 5.78 Å². The van der Waals surface area contributed by atoms with Gasteiger partial charge in [-0.2, -0.15) is 0 Å². The lowest BCUT2D eigenvalue weighted by Gasteiger charge is -1.94. The Balaban J connectivity index is 2.20. The summed E-state index contributed by atoms with van der Waals surface area (Å²) < 4.78 is 23.3. The van der Waals surface area contributed by atoms with Crippen molar-refractivity contribution in [3.8, 4) is 0 Å². The predicted octanol–water partition coefficient (Wildman–Crippen LogP) is 1.87. The lowest BCUT2D eigenvalue weighted by atomic mass is 10.2. The maximum absolute atomic E-state index is 11.7. The molecule has 0 aliphatic heterocycles. The van der Waals surface area contributed by atoms with E-state index in [0.717, 1.165) is 0 Å². The van der Waals surface area contributed by atoms with Gasteiger partial charge in [0.05, 0.1) is 0 Å². The molecular weight excluding hydrogens is 138 g/mol. The van der Waals surface area contributed by atoms with Crippen molar-refractivity contribution in [2.24, 2.45) is 11.8 Å². The number of carbonyl (C=O) groups is 1. The van der Waals surface area contributed by atoms with Crippen molar-refractivity contribution in [3.05, 3.63) is 0 Å². The number of Topliss-reactive ketones (excluding diaryl/α,β-unsaturated/α-hetero) is 1. The third kappa shape index (κ3) is 1.75. The topological polar surface area (TPSA) is 17.1 Å². The molecule has 0 aromatic rings. The van der Waals surface area contributed by atoms with Crippen LogP contribution in [-0.2, 0) is 4.79 Å². The van der Waals surface area contributed by atoms with E-state index in [-0.39, 0.29) is 24.0 Å². The maximum atomic E-state index is 11.7. The van der Waals surface area contributed by atoms with E-state index in [2.05, 4.69) is 0 Å². The van der Waals surface area contributed by atoms with Gasteiger partial charge in [0.25, 0.3) is 0 Å². The van der Waals surface area contributed by atoms with E-state index in [0.29, 0.717) is 6.42 Å². The SMILES string of the molecule is CC(=O)[C@@H]1C[C@H]1CC(F)F. The first-order valence-corrected chi connectivity index (χ1v) is 3.40. The molecule has 1 nitrogen and oxygen atoms in total. The van der Waals surface area contributed by atoms with Crippen LogP contribution < -0.4 is 0 Å². The maximum Gasteiger partial charge on any atom is 0.238 e. The highest BCUT2D eigenvalue weighted by Gasteiger charge is 2.41. The zero-order valence-electron chi connectivity index (χ0n) is 5.81. The molecule has 10 heavy (non-hydrogen) atoms. The van der Waals surface area contributed by atoms with Gasteiger partial charge < -0.3 is 0 Å². The molecule has 0 N–H and O–H groups in total. The summed E-state index contributed by atoms with van der Waals surface area (Å²) in [4.78, 5) is 10.6. The third-order valence-electron chi connectivity index (χ3n) is 1.93. The van der Waals surface area contributed by atoms with Crippen LogP contribution in [0.3, 0.4) is 0 Å². The monoisotopic (exact) mass is 148 g/mol. The second-order valence-corrected chi connectivity index (χ2v) is 2.84. The summed E-state index contributed by atoms with van der Waals surface area (Å²) in [5.74, 6) is -0.00264. The summed E-state index contributed by atoms with van der Waals surface area (Å²) in [5.41, 5.74) is 0. The number of halogens is 2. The van der Waals surface area contributed by atoms with Gasteiger partial charge in [-0.25, -0.2) is 8.78 Å². The van der Waals surface area contributed by atoms with E-state index in [1.807, 2.05) is 0 Å². The number of ketones is 1. The Kier molecular flexibility index (Phi) is 2.02. The van der Waals surface area contributed by atoms with Gasteiger partial charge in [0.1, 0.15) is 5.78 Å². The molecule has 1 aliphatic carbocycles. The Bertz CT molecular complexity index is 145. The molecule has 58 valence electrons. The molecule has 0 unspecified atom stereocenters. The first kappa shape index (κ1) is 7.63. The molecule has 0 spiro atoms. The second kappa shape index (κ2) is 2.64. The summed E-state index contributed by atoms with van der Waals surface area (Å²) in [5, 5.41) is 0. The molecule has 0 heterocycles. The largest absolute Gasteiger partial charge is 0.300 e. The summed E-state index contributed by atoms with van der Waals surface area (Å²) in [6.07, 6.45) is -1.65. The van der Waals surface area contributed by atoms with Crippen LogP contribution in [0.1, 0.15) is 19.8 Å². The van der Waals surface area contributed by atoms with Gasteiger partial charge in [0.15, 0.2) is 0 Å². The van der Waals surface area contributed by atoms with Crippen molar-refractivity contribution in [2.75, 3.05) is 0 Å². The standard InChI is InChI=1S/C7H10F2O/c1-4(10)6-2-5(6)3-7(8)9/h5-7H,2-3H2,1H3/t5-,6-/m0/s1. The Hall–Kier alpha value is -0.470. The van der Waals surface area contributed by atoms with Gasteiger partial charge in [-0.05, 0) is 19.3 Å². The molecule has 1 saturated carbocycles. The average Bonchev–Trinajstić information content (AvgIpc) is 2.43. The zero-order valence-corrected chi connectivity index (χ0v) is 5.81. The normalized spacial score (nSPS) is 30.8. The van der Waals surface area contributed by atoms with Gasteiger partial charge in [0, 0.05) is 12.3 Å². The molecule has 0 radical (unpaired) electrons. The van der Waals surface area contributed by atoms with E-state index >= 15 is 0 Å². The summed E-state index contributed by atoms with van der Waals surface area (Å²) in [7, 11) is 0. The van der Waals surface area contributed by atoms with Crippen molar-refractivity contribution in [1.82, 2.24) is 0 Å². The lowest BCUT2D eigenvalue weighted by Crippen LogP contribution is -1.98. The number of hydrogen-bond acceptors (Lipinski definition) is 1. The van der Waals surface area contributed by atoms with Crippen LogP contribution in [-0.4, -0.2) is 12.2 Å². The van der Waals surface area contributed by atoms with Crippen LogP contribution in [0.5, 0.6) is 0 Å². The molecule has 1 aliphatic rings. The fourth-order valence-corrected chi connectivity index (χ4v) is 1.23. The highest BCUT2D eigenvalue weighted by Crippen LogP contribution is 2.43. The molecule has 1 rings (SSSR count). The van der Waals surface area contributed by atoms with Crippen LogP contribution in [0.2, 0.25) is 0 Å². The zero-order chi connectivity index (χ0) is 7.72. The number of alkyl halides is 2. The van der Waals surface area contributed by atoms with E-state index in [9.17, 15) is 13.6 Å². The Morgan fingerprint density at radius 3 is 2.60 bits per heavy atom. The average molecular weight is 148 g/mol. The van der Waals surface area contributed by atoms with Gasteiger partial charge in [0.2, 0.25) is 6.43 Å². The quantitative estimate of drug-likeness (QED) is 0.597. The van der Waals surface area contributed by atoms with Crippen LogP contribution in [0, 0.1) is 11.8 Å². The lowest BCUT2D eigenvalue weighted by molar-refractivity contribution is -0.118. The highest BCUT2D eigenvalue weighted by atomic mass is 19.3. The molecule has 0 bridgehead atoms. The molecular formula is C7H10F2O. The predicted molar refractivity (Wildman–Crippen MR) is 32.9 cm³/mol. The number of carbonyl (C=O) groups excluding carboxylic acids is 1. The van der Waals surface area contributed by atoms with Crippen LogP contribution in [0.25, 0.3) is 0 Å². The molecule has 0 aromatic heterocycles. The van der Waals surface area contributed by atoms with E-state index in [1.54, 1.807) is 0 Å². The minimum absolute atomic E-state index is 0.0162. The molecule has 0 amide bonds. The minimum Gasteiger partial charge on any atom is -0.300 e. The fourth-order valence-electron chi connectivity index (χ4n) is 1.23. The first-order chi connectivity index (χ1) is 4.61. The molecule has 0 saturated heterocycles. The fraction of sp³-hybridized carbons (Fsp3) is 0.857. The van der Waals surface area contributed by atoms with Crippen molar-refractivity contribution in [3.63, 3.8) is 0 Å². The molecule has 3 heteroatoms. The van der Waals surface area contributed by atoms with E-state index in [4.69, 9.17) is 0 Å². The number of rotatable bonds is 3. The smallest absolute Gasteiger partial charge is 0.238 e. The van der Waals surface area contributed by atoms with Gasteiger partial charge >= 0.3 is 0 Å².